The molecule has 0 spiro atoms. The van der Waals surface area contributed by atoms with Crippen molar-refractivity contribution in [3.8, 4) is 11.5 Å². The van der Waals surface area contributed by atoms with Gasteiger partial charge in [-0.25, -0.2) is 14.1 Å². The molecule has 37 heavy (non-hydrogen) atoms. The maximum atomic E-state index is 14.8. The smallest absolute Gasteiger partial charge is 0.290 e. The van der Waals surface area contributed by atoms with Crippen LogP contribution in [0, 0.1) is 12.7 Å². The topological polar surface area (TPSA) is 127 Å². The van der Waals surface area contributed by atoms with Crippen LogP contribution in [-0.2, 0) is 9.59 Å². The van der Waals surface area contributed by atoms with E-state index in [1.54, 1.807) is 6.20 Å². The number of hydrogen-bond donors (Lipinski definition) is 1. The molecule has 1 unspecified atom stereocenters. The lowest BCUT2D eigenvalue weighted by Crippen LogP contribution is -2.52. The fourth-order valence-electron chi connectivity index (χ4n) is 4.88. The Morgan fingerprint density at radius 3 is 2.59 bits per heavy atom. The van der Waals surface area contributed by atoms with Gasteiger partial charge in [-0.15, -0.1) is 15.3 Å². The third-order valence-electron chi connectivity index (χ3n) is 6.72. The largest absolute Gasteiger partial charge is 0.381 e. The molecule has 1 fully saturated rings. The number of fused-ring (bicyclic) bond motifs is 1. The van der Waals surface area contributed by atoms with Crippen LogP contribution in [-0.4, -0.2) is 84.1 Å². The quantitative estimate of drug-likeness (QED) is 0.399. The average Bonchev–Trinajstić information content (AvgIpc) is 3.69. The van der Waals surface area contributed by atoms with Crippen LogP contribution in [0.5, 0.6) is 0 Å². The van der Waals surface area contributed by atoms with E-state index in [1.165, 1.54) is 15.8 Å². The Kier molecular flexibility index (Phi) is 5.58. The molecule has 1 aromatic carbocycles. The number of para-hydroxylation sites is 1. The summed E-state index contributed by atoms with van der Waals surface area (Å²) in [5.41, 5.74) is 1.42. The number of carbonyl (C=O) groups excluding carboxylic acids is 2. The number of piperazine rings is 1. The second-order valence-corrected chi connectivity index (χ2v) is 8.86. The number of Topliss-reactive ketones (excluding diaryl/α,β-unsaturated/α-hetero) is 1. The predicted molar refractivity (Wildman–Crippen MR) is 130 cm³/mol. The fourth-order valence-corrected chi connectivity index (χ4v) is 4.88. The highest BCUT2D eigenvalue weighted by Gasteiger charge is 2.39. The van der Waals surface area contributed by atoms with E-state index < -0.39 is 23.4 Å². The van der Waals surface area contributed by atoms with Crippen molar-refractivity contribution in [2.75, 3.05) is 42.9 Å². The molecular formula is C24H23FN10O2. The second-order valence-electron chi connectivity index (χ2n) is 8.86. The first-order chi connectivity index (χ1) is 18.0. The number of aryl methyl sites for hydroxylation is 1. The third-order valence-corrected chi connectivity index (χ3v) is 6.72. The molecule has 13 heteroatoms. The van der Waals surface area contributed by atoms with Crippen molar-refractivity contribution in [3.05, 3.63) is 66.1 Å². The summed E-state index contributed by atoms with van der Waals surface area (Å²) in [5, 5.41) is 19.3. The molecule has 1 saturated heterocycles. The van der Waals surface area contributed by atoms with Crippen LogP contribution in [0.1, 0.15) is 17.3 Å². The van der Waals surface area contributed by atoms with Crippen molar-refractivity contribution in [1.29, 1.82) is 0 Å². The van der Waals surface area contributed by atoms with Gasteiger partial charge in [0.25, 0.3) is 5.91 Å². The lowest BCUT2D eigenvalue weighted by molar-refractivity contribution is -0.145. The highest BCUT2D eigenvalue weighted by atomic mass is 19.1. The highest BCUT2D eigenvalue weighted by molar-refractivity contribution is 6.38. The first kappa shape index (κ1) is 22.8. The van der Waals surface area contributed by atoms with E-state index in [9.17, 15) is 14.0 Å². The van der Waals surface area contributed by atoms with E-state index in [2.05, 4.69) is 30.8 Å². The Bertz CT molecular complexity index is 1460. The maximum Gasteiger partial charge on any atom is 0.290 e. The number of nitrogens with zero attached hydrogens (tertiary/aromatic N) is 9. The van der Waals surface area contributed by atoms with Gasteiger partial charge < -0.3 is 15.1 Å². The lowest BCUT2D eigenvalue weighted by Gasteiger charge is -2.35. The number of nitrogens with one attached hydrogen (secondary N) is 1. The molecule has 2 aliphatic heterocycles. The summed E-state index contributed by atoms with van der Waals surface area (Å²) in [7, 11) is 0. The zero-order valence-electron chi connectivity index (χ0n) is 20.0. The molecule has 0 bridgehead atoms. The number of carbonyl (C=O) groups is 2. The van der Waals surface area contributed by atoms with Crippen LogP contribution in [0.2, 0.25) is 0 Å². The molecular weight excluding hydrogens is 479 g/mol. The number of rotatable bonds is 5. The number of halogens is 1. The number of amides is 1. The normalized spacial score (nSPS) is 17.0. The number of pyridine rings is 1. The highest BCUT2D eigenvalue weighted by Crippen LogP contribution is 2.37. The summed E-state index contributed by atoms with van der Waals surface area (Å²) < 4.78 is 18.2. The van der Waals surface area contributed by atoms with Gasteiger partial charge in [-0.2, -0.15) is 0 Å². The summed E-state index contributed by atoms with van der Waals surface area (Å²) in [6.07, 6.45) is 4.08. The van der Waals surface area contributed by atoms with Crippen LogP contribution in [0.15, 0.2) is 48.9 Å². The molecule has 1 N–H and O–H groups in total. The van der Waals surface area contributed by atoms with E-state index in [0.29, 0.717) is 43.6 Å². The van der Waals surface area contributed by atoms with E-state index >= 15 is 0 Å². The zero-order valence-corrected chi connectivity index (χ0v) is 20.0. The van der Waals surface area contributed by atoms with Crippen molar-refractivity contribution in [3.63, 3.8) is 0 Å². The number of hydrogen-bond acceptors (Lipinski definition) is 9. The van der Waals surface area contributed by atoms with Crippen molar-refractivity contribution in [2.24, 2.45) is 0 Å². The molecule has 2 aliphatic rings. The van der Waals surface area contributed by atoms with Crippen molar-refractivity contribution < 1.29 is 14.0 Å². The van der Waals surface area contributed by atoms with Gasteiger partial charge in [-0.1, -0.05) is 23.4 Å². The van der Waals surface area contributed by atoms with E-state index in [-0.39, 0.29) is 12.1 Å². The predicted octanol–water partition coefficient (Wildman–Crippen LogP) is 1.12. The molecule has 0 saturated carbocycles. The molecule has 0 aliphatic carbocycles. The molecule has 188 valence electrons. The van der Waals surface area contributed by atoms with E-state index in [1.807, 2.05) is 46.7 Å². The molecule has 1 amide bonds. The molecule has 4 aromatic rings. The third kappa shape index (κ3) is 3.88. The van der Waals surface area contributed by atoms with Crippen molar-refractivity contribution in [1.82, 2.24) is 39.6 Å². The summed E-state index contributed by atoms with van der Waals surface area (Å²) >= 11 is 0. The number of aromatic nitrogens is 7. The Balaban J connectivity index is 1.17. The first-order valence-electron chi connectivity index (χ1n) is 11.9. The average molecular weight is 503 g/mol. The van der Waals surface area contributed by atoms with Crippen molar-refractivity contribution >= 4 is 23.3 Å². The molecule has 12 nitrogen and oxygen atoms in total. The van der Waals surface area contributed by atoms with Crippen LogP contribution in [0.4, 0.5) is 16.0 Å². The molecule has 1 atom stereocenters. The van der Waals surface area contributed by atoms with Gasteiger partial charge in [0.15, 0.2) is 5.82 Å². The van der Waals surface area contributed by atoms with E-state index in [4.69, 9.17) is 0 Å². The summed E-state index contributed by atoms with van der Waals surface area (Å²) in [6, 6.07) is 9.80. The lowest BCUT2D eigenvalue weighted by atomic mass is 9.96. The summed E-state index contributed by atoms with van der Waals surface area (Å²) in [4.78, 5) is 34.1. The molecule has 3 aromatic heterocycles. The summed E-state index contributed by atoms with van der Waals surface area (Å²) in [6.45, 7) is 3.63. The van der Waals surface area contributed by atoms with Crippen LogP contribution in [0.25, 0.3) is 11.5 Å². The van der Waals surface area contributed by atoms with Gasteiger partial charge in [0.05, 0.1) is 35.9 Å². The van der Waals surface area contributed by atoms with Gasteiger partial charge >= 0.3 is 0 Å². The standard InChI is InChI=1S/C24H23FN10O2/c1-15-29-30-24(35(15)16-5-3-2-4-6-16)33-11-9-32(10-12-33)23(37)21(36)17-13-26-20-19(17)18(25)14-27-22(20)34-8-7-28-31-34/h2-8,14,17,26H,9-13H2,1H3. The van der Waals surface area contributed by atoms with Gasteiger partial charge in [-0.3, -0.25) is 14.2 Å². The minimum absolute atomic E-state index is 0.101. The summed E-state index contributed by atoms with van der Waals surface area (Å²) in [5.74, 6) is -1.11. The van der Waals surface area contributed by atoms with Crippen LogP contribution in [0.3, 0.4) is 0 Å². The minimum atomic E-state index is -0.949. The maximum absolute atomic E-state index is 14.8. The van der Waals surface area contributed by atoms with Gasteiger partial charge in [0.2, 0.25) is 11.7 Å². The Labute approximate surface area is 210 Å². The molecule has 6 rings (SSSR count). The molecule has 0 radical (unpaired) electrons. The van der Waals surface area contributed by atoms with Gasteiger partial charge in [-0.05, 0) is 19.1 Å². The number of ketones is 1. The first-order valence-corrected chi connectivity index (χ1v) is 11.9. The van der Waals surface area contributed by atoms with Crippen LogP contribution >= 0.6 is 0 Å². The SMILES string of the molecule is Cc1nnc(N2CCN(C(=O)C(=O)C3CNc4c(-n5ccnn5)ncc(F)c43)CC2)n1-c1ccccc1. The minimum Gasteiger partial charge on any atom is -0.381 e. The van der Waals surface area contributed by atoms with Crippen molar-refractivity contribution in [2.45, 2.75) is 12.8 Å². The molecule has 5 heterocycles. The van der Waals surface area contributed by atoms with E-state index in [0.717, 1.165) is 17.7 Å². The monoisotopic (exact) mass is 502 g/mol. The van der Waals surface area contributed by atoms with Gasteiger partial charge in [0, 0.05) is 38.3 Å². The Morgan fingerprint density at radius 2 is 1.86 bits per heavy atom. The Morgan fingerprint density at radius 1 is 1.08 bits per heavy atom. The second kappa shape index (κ2) is 9.08. The van der Waals surface area contributed by atoms with Crippen LogP contribution < -0.4 is 10.2 Å². The van der Waals surface area contributed by atoms with Gasteiger partial charge in [0.1, 0.15) is 11.6 Å². The Hall–Kier alpha value is -4.68. The number of benzene rings is 1. The zero-order chi connectivity index (χ0) is 25.5. The fraction of sp³-hybridized carbons (Fsp3) is 0.292. The number of anilines is 2.